The highest BCUT2D eigenvalue weighted by Crippen LogP contribution is 2.33. The Balaban J connectivity index is 1.39. The number of carbonyl (C=O) groups is 2. The van der Waals surface area contributed by atoms with E-state index in [0.29, 0.717) is 47.7 Å². The molecule has 0 spiro atoms. The van der Waals surface area contributed by atoms with Crippen molar-refractivity contribution in [2.24, 2.45) is 0 Å². The first-order valence-corrected chi connectivity index (χ1v) is 12.6. The lowest BCUT2D eigenvalue weighted by Gasteiger charge is -2.31. The summed E-state index contributed by atoms with van der Waals surface area (Å²) in [7, 11) is 0. The third-order valence-corrected chi connectivity index (χ3v) is 6.85. The van der Waals surface area contributed by atoms with E-state index in [0.717, 1.165) is 29.5 Å². The van der Waals surface area contributed by atoms with Gasteiger partial charge >= 0.3 is 0 Å². The molecule has 192 valence electrons. The molecule has 3 heterocycles. The van der Waals surface area contributed by atoms with E-state index in [1.165, 1.54) is 6.33 Å². The molecule has 9 nitrogen and oxygen atoms in total. The number of nitrogens with zero attached hydrogens (tertiary/aromatic N) is 5. The molecule has 0 bridgehead atoms. The number of carbonyl (C=O) groups excluding carboxylic acids is 2. The average molecular weight is 508 g/mol. The molecule has 38 heavy (non-hydrogen) atoms. The number of rotatable bonds is 5. The van der Waals surface area contributed by atoms with Crippen LogP contribution in [0.4, 0.5) is 5.82 Å². The van der Waals surface area contributed by atoms with Crippen molar-refractivity contribution in [3.63, 3.8) is 0 Å². The highest BCUT2D eigenvalue weighted by atomic mass is 16.2. The maximum atomic E-state index is 12.6. The molecule has 0 aliphatic carbocycles. The van der Waals surface area contributed by atoms with Crippen molar-refractivity contribution in [1.82, 2.24) is 30.0 Å². The Morgan fingerprint density at radius 2 is 1.92 bits per heavy atom. The third-order valence-electron chi connectivity index (χ3n) is 6.85. The zero-order valence-corrected chi connectivity index (χ0v) is 21.4. The molecule has 2 amide bonds. The highest BCUT2D eigenvalue weighted by Gasteiger charge is 2.28. The second-order valence-electron chi connectivity index (χ2n) is 9.37. The molecule has 1 unspecified atom stereocenters. The number of fused-ring (bicyclic) bond motifs is 1. The molecular formula is C29H29N7O2. The van der Waals surface area contributed by atoms with Crippen LogP contribution in [0.1, 0.15) is 47.3 Å². The maximum Gasteiger partial charge on any atom is 0.298 e. The number of nitrogen functional groups attached to an aromatic ring is 1. The molecule has 1 aliphatic heterocycles. The first-order valence-electron chi connectivity index (χ1n) is 12.6. The molecule has 3 N–H and O–H groups in total. The average Bonchev–Trinajstić information content (AvgIpc) is 3.33. The zero-order valence-electron chi connectivity index (χ0n) is 21.4. The summed E-state index contributed by atoms with van der Waals surface area (Å²) < 4.78 is 1.87. The number of aromatic nitrogens is 4. The minimum Gasteiger partial charge on any atom is -0.383 e. The SMILES string of the molecule is CC#CC(=O)N1CCCC(n2nc(-c3ccc(CNC(=O)c4ccccc4C)cc3)c3c(N)ncnc32)C1. The number of nitrogens with one attached hydrogen (secondary N) is 1. The summed E-state index contributed by atoms with van der Waals surface area (Å²) in [5.74, 6) is 5.40. The lowest BCUT2D eigenvalue weighted by atomic mass is 10.1. The van der Waals surface area contributed by atoms with Gasteiger partial charge < -0.3 is 16.0 Å². The van der Waals surface area contributed by atoms with E-state index >= 15 is 0 Å². The molecule has 9 heteroatoms. The second-order valence-corrected chi connectivity index (χ2v) is 9.37. The molecule has 0 radical (unpaired) electrons. The van der Waals surface area contributed by atoms with E-state index < -0.39 is 0 Å². The van der Waals surface area contributed by atoms with Crippen molar-refractivity contribution < 1.29 is 9.59 Å². The summed E-state index contributed by atoms with van der Waals surface area (Å²) in [6.45, 7) is 5.17. The Morgan fingerprint density at radius 1 is 1.13 bits per heavy atom. The number of aryl methyl sites for hydroxylation is 1. The summed E-state index contributed by atoms with van der Waals surface area (Å²) in [6, 6.07) is 15.3. The van der Waals surface area contributed by atoms with Crippen LogP contribution < -0.4 is 11.1 Å². The molecule has 1 aliphatic rings. The number of nitrogens with two attached hydrogens (primary N) is 1. The van der Waals surface area contributed by atoms with Gasteiger partial charge in [0.05, 0.1) is 11.4 Å². The molecule has 1 atom stereocenters. The van der Waals surface area contributed by atoms with E-state index in [2.05, 4.69) is 27.1 Å². The Labute approximate surface area is 221 Å². The van der Waals surface area contributed by atoms with Gasteiger partial charge in [-0.1, -0.05) is 48.4 Å². The van der Waals surface area contributed by atoms with E-state index in [1.54, 1.807) is 11.8 Å². The van der Waals surface area contributed by atoms with Gasteiger partial charge in [0, 0.05) is 30.8 Å². The Hall–Kier alpha value is -4.71. The summed E-state index contributed by atoms with van der Waals surface area (Å²) in [6.07, 6.45) is 3.15. The Bertz CT molecular complexity index is 1560. The monoisotopic (exact) mass is 507 g/mol. The molecule has 0 saturated carbocycles. The number of benzene rings is 2. The number of amides is 2. The van der Waals surface area contributed by atoms with E-state index in [4.69, 9.17) is 10.8 Å². The van der Waals surface area contributed by atoms with E-state index in [9.17, 15) is 9.59 Å². The first kappa shape index (κ1) is 25.0. The van der Waals surface area contributed by atoms with Gasteiger partial charge in [0.1, 0.15) is 17.8 Å². The van der Waals surface area contributed by atoms with Crippen LogP contribution >= 0.6 is 0 Å². The lowest BCUT2D eigenvalue weighted by molar-refractivity contribution is -0.126. The minimum atomic E-state index is -0.173. The fourth-order valence-corrected chi connectivity index (χ4v) is 4.86. The second kappa shape index (κ2) is 10.7. The Kier molecular flexibility index (Phi) is 7.05. The maximum absolute atomic E-state index is 12.6. The van der Waals surface area contributed by atoms with Gasteiger partial charge in [-0.2, -0.15) is 5.10 Å². The van der Waals surface area contributed by atoms with Crippen LogP contribution in [-0.2, 0) is 11.3 Å². The minimum absolute atomic E-state index is 0.0483. The number of piperidine rings is 1. The number of likely N-dealkylation sites (tertiary alicyclic amines) is 1. The quantitative estimate of drug-likeness (QED) is 0.399. The fraction of sp³-hybridized carbons (Fsp3) is 0.276. The zero-order chi connectivity index (χ0) is 26.6. The highest BCUT2D eigenvalue weighted by molar-refractivity contribution is 5.98. The van der Waals surface area contributed by atoms with E-state index in [1.807, 2.05) is 60.1 Å². The van der Waals surface area contributed by atoms with Gasteiger partial charge in [0.2, 0.25) is 0 Å². The smallest absolute Gasteiger partial charge is 0.298 e. The topological polar surface area (TPSA) is 119 Å². The standard InChI is InChI=1S/C29H29N7O2/c1-3-7-24(37)35-15-6-9-22(17-35)36-28-25(27(30)32-18-33-28)26(34-36)21-13-11-20(12-14-21)16-31-29(38)23-10-5-4-8-19(23)2/h4-5,8,10-14,18,22H,6,9,15-17H2,1-2H3,(H,31,38)(H2,30,32,33). The predicted molar refractivity (Wildman–Crippen MR) is 146 cm³/mol. The van der Waals surface area contributed by atoms with Crippen LogP contribution in [0.25, 0.3) is 22.3 Å². The normalized spacial score (nSPS) is 15.1. The van der Waals surface area contributed by atoms with Crippen LogP contribution in [0.5, 0.6) is 0 Å². The van der Waals surface area contributed by atoms with Crippen molar-refractivity contribution in [1.29, 1.82) is 0 Å². The van der Waals surface area contributed by atoms with E-state index in [-0.39, 0.29) is 17.9 Å². The van der Waals surface area contributed by atoms with Crippen LogP contribution in [-0.4, -0.2) is 49.6 Å². The van der Waals surface area contributed by atoms with Gasteiger partial charge in [-0.15, -0.1) is 0 Å². The summed E-state index contributed by atoms with van der Waals surface area (Å²) in [5, 5.41) is 8.60. The molecule has 1 fully saturated rings. The Morgan fingerprint density at radius 3 is 2.68 bits per heavy atom. The molecule has 5 rings (SSSR count). The largest absolute Gasteiger partial charge is 0.383 e. The van der Waals surface area contributed by atoms with Crippen molar-refractivity contribution >= 4 is 28.7 Å². The number of hydrogen-bond acceptors (Lipinski definition) is 6. The first-order chi connectivity index (χ1) is 18.5. The summed E-state index contributed by atoms with van der Waals surface area (Å²) in [4.78, 5) is 35.5. The van der Waals surface area contributed by atoms with Crippen LogP contribution in [0.3, 0.4) is 0 Å². The van der Waals surface area contributed by atoms with Gasteiger partial charge in [-0.05, 0) is 49.8 Å². The van der Waals surface area contributed by atoms with Gasteiger partial charge in [-0.3, -0.25) is 9.59 Å². The molecule has 4 aromatic rings. The summed E-state index contributed by atoms with van der Waals surface area (Å²) >= 11 is 0. The fourth-order valence-electron chi connectivity index (χ4n) is 4.86. The predicted octanol–water partition coefficient (Wildman–Crippen LogP) is 3.50. The van der Waals surface area contributed by atoms with Gasteiger partial charge in [0.25, 0.3) is 11.8 Å². The third kappa shape index (κ3) is 4.93. The van der Waals surface area contributed by atoms with Gasteiger partial charge in [0.15, 0.2) is 5.65 Å². The number of anilines is 1. The van der Waals surface area contributed by atoms with Crippen LogP contribution in [0.15, 0.2) is 54.9 Å². The molecule has 1 saturated heterocycles. The van der Waals surface area contributed by atoms with Crippen molar-refractivity contribution in [2.75, 3.05) is 18.8 Å². The molecule has 2 aromatic heterocycles. The van der Waals surface area contributed by atoms with Crippen molar-refractivity contribution in [2.45, 2.75) is 39.3 Å². The molecule has 2 aromatic carbocycles. The van der Waals surface area contributed by atoms with Crippen LogP contribution in [0.2, 0.25) is 0 Å². The van der Waals surface area contributed by atoms with Crippen LogP contribution in [0, 0.1) is 18.8 Å². The molecular weight excluding hydrogens is 478 g/mol. The van der Waals surface area contributed by atoms with Crippen molar-refractivity contribution in [3.8, 4) is 23.1 Å². The number of hydrogen-bond donors (Lipinski definition) is 2. The van der Waals surface area contributed by atoms with Gasteiger partial charge in [-0.25, -0.2) is 14.6 Å². The van der Waals surface area contributed by atoms with Crippen molar-refractivity contribution in [3.05, 3.63) is 71.5 Å². The lowest BCUT2D eigenvalue weighted by Crippen LogP contribution is -2.40. The summed E-state index contributed by atoms with van der Waals surface area (Å²) in [5.41, 5.74) is 11.1.